The van der Waals surface area contributed by atoms with Crippen LogP contribution in [0.25, 0.3) is 0 Å². The Balaban J connectivity index is 3.19. The zero-order valence-electron chi connectivity index (χ0n) is 9.33. The van der Waals surface area contributed by atoms with E-state index in [1.165, 1.54) is 18.2 Å². The fraction of sp³-hybridized carbons (Fsp3) is 0.250. The Kier molecular flexibility index (Phi) is 3.66. The Labute approximate surface area is 93.8 Å². The number of hydrogen-bond acceptors (Lipinski definition) is 2. The average Bonchev–Trinajstić information content (AvgIpc) is 2.15. The lowest BCUT2D eigenvalue weighted by Crippen LogP contribution is -2.23. The molecular weight excluding hydrogens is 209 g/mol. The minimum Gasteiger partial charge on any atom is -0.478 e. The molecule has 0 fully saturated rings. The summed E-state index contributed by atoms with van der Waals surface area (Å²) in [5.41, 5.74) is 0.892. The smallest absolute Gasteiger partial charge is 0.337 e. The molecule has 0 spiro atoms. The Morgan fingerprint density at radius 1 is 1.56 bits per heavy atom. The number of carboxylic acid groups (broad SMARTS) is 1. The number of carboxylic acids is 1. The molecular formula is C12H14FNO2. The fourth-order valence-electron chi connectivity index (χ4n) is 1.56. The number of hydrogen-bond donors (Lipinski definition) is 1. The van der Waals surface area contributed by atoms with E-state index in [0.29, 0.717) is 6.54 Å². The van der Waals surface area contributed by atoms with Crippen LogP contribution in [0.5, 0.6) is 0 Å². The molecule has 3 nitrogen and oxygen atoms in total. The number of likely N-dealkylation sites (N-methyl/N-ethyl adjacent to an activating group) is 1. The predicted molar refractivity (Wildman–Crippen MR) is 61.4 cm³/mol. The first-order valence-corrected chi connectivity index (χ1v) is 4.80. The second kappa shape index (κ2) is 4.79. The van der Waals surface area contributed by atoms with Gasteiger partial charge in [0.2, 0.25) is 0 Å². The zero-order chi connectivity index (χ0) is 12.3. The highest BCUT2D eigenvalue weighted by Crippen LogP contribution is 2.23. The number of halogens is 1. The Morgan fingerprint density at radius 3 is 2.69 bits per heavy atom. The molecule has 86 valence electrons. The van der Waals surface area contributed by atoms with Crippen molar-refractivity contribution in [2.45, 2.75) is 6.92 Å². The van der Waals surface area contributed by atoms with Crippen molar-refractivity contribution in [3.8, 4) is 0 Å². The quantitative estimate of drug-likeness (QED) is 0.797. The van der Waals surface area contributed by atoms with Gasteiger partial charge in [0.05, 0.1) is 11.3 Å². The summed E-state index contributed by atoms with van der Waals surface area (Å²) in [6.07, 6.45) is 0. The molecule has 0 aliphatic heterocycles. The molecule has 1 aromatic carbocycles. The summed E-state index contributed by atoms with van der Waals surface area (Å²) in [5.74, 6) is -1.67. The molecule has 0 atom stereocenters. The Bertz CT molecular complexity index is 429. The molecule has 0 amide bonds. The van der Waals surface area contributed by atoms with E-state index in [4.69, 9.17) is 5.11 Å². The second-order valence-corrected chi connectivity index (χ2v) is 3.75. The van der Waals surface area contributed by atoms with Gasteiger partial charge in [-0.2, -0.15) is 0 Å². The highest BCUT2D eigenvalue weighted by atomic mass is 19.1. The molecule has 0 bridgehead atoms. The van der Waals surface area contributed by atoms with E-state index in [1.807, 2.05) is 0 Å². The molecule has 0 aliphatic carbocycles. The zero-order valence-corrected chi connectivity index (χ0v) is 9.33. The topological polar surface area (TPSA) is 40.5 Å². The molecule has 1 aromatic rings. The van der Waals surface area contributed by atoms with Crippen molar-refractivity contribution in [1.29, 1.82) is 0 Å². The van der Waals surface area contributed by atoms with Crippen molar-refractivity contribution in [3.63, 3.8) is 0 Å². The van der Waals surface area contributed by atoms with Crippen molar-refractivity contribution in [3.05, 3.63) is 41.7 Å². The first kappa shape index (κ1) is 12.2. The fourth-order valence-corrected chi connectivity index (χ4v) is 1.56. The van der Waals surface area contributed by atoms with Crippen LogP contribution in [0.1, 0.15) is 17.3 Å². The number of para-hydroxylation sites is 1. The second-order valence-electron chi connectivity index (χ2n) is 3.75. The summed E-state index contributed by atoms with van der Waals surface area (Å²) >= 11 is 0. The van der Waals surface area contributed by atoms with Gasteiger partial charge in [0.25, 0.3) is 0 Å². The Hall–Kier alpha value is -1.84. The summed E-state index contributed by atoms with van der Waals surface area (Å²) in [5, 5.41) is 8.96. The van der Waals surface area contributed by atoms with E-state index in [0.717, 1.165) is 5.57 Å². The van der Waals surface area contributed by atoms with Gasteiger partial charge in [0.1, 0.15) is 5.82 Å². The van der Waals surface area contributed by atoms with Gasteiger partial charge in [-0.1, -0.05) is 18.2 Å². The van der Waals surface area contributed by atoms with Crippen molar-refractivity contribution in [2.24, 2.45) is 0 Å². The van der Waals surface area contributed by atoms with Gasteiger partial charge in [-0.05, 0) is 19.1 Å². The van der Waals surface area contributed by atoms with Crippen LogP contribution in [0.2, 0.25) is 0 Å². The highest BCUT2D eigenvalue weighted by molar-refractivity contribution is 5.94. The largest absolute Gasteiger partial charge is 0.478 e. The molecule has 0 aromatic heterocycles. The lowest BCUT2D eigenvalue weighted by molar-refractivity contribution is 0.0697. The number of aromatic carboxylic acids is 1. The van der Waals surface area contributed by atoms with Gasteiger partial charge in [-0.15, -0.1) is 0 Å². The van der Waals surface area contributed by atoms with Crippen LogP contribution in [-0.4, -0.2) is 24.7 Å². The van der Waals surface area contributed by atoms with Crippen LogP contribution in [-0.2, 0) is 0 Å². The van der Waals surface area contributed by atoms with Gasteiger partial charge in [0.15, 0.2) is 0 Å². The summed E-state index contributed by atoms with van der Waals surface area (Å²) in [6, 6.07) is 4.02. The van der Waals surface area contributed by atoms with Crippen LogP contribution >= 0.6 is 0 Å². The first-order chi connectivity index (χ1) is 7.43. The third-order valence-electron chi connectivity index (χ3n) is 2.11. The number of benzene rings is 1. The number of nitrogens with zero attached hydrogens (tertiary/aromatic N) is 1. The van der Waals surface area contributed by atoms with Gasteiger partial charge in [-0.25, -0.2) is 9.18 Å². The van der Waals surface area contributed by atoms with E-state index < -0.39 is 11.8 Å². The van der Waals surface area contributed by atoms with Crippen molar-refractivity contribution >= 4 is 11.7 Å². The SMILES string of the molecule is C=C(C)CN(C)c1c(F)cccc1C(=O)O. The van der Waals surface area contributed by atoms with E-state index in [9.17, 15) is 9.18 Å². The monoisotopic (exact) mass is 223 g/mol. The molecule has 16 heavy (non-hydrogen) atoms. The van der Waals surface area contributed by atoms with Crippen molar-refractivity contribution < 1.29 is 14.3 Å². The van der Waals surface area contributed by atoms with E-state index >= 15 is 0 Å². The minimum absolute atomic E-state index is 0.0382. The van der Waals surface area contributed by atoms with Crippen LogP contribution in [0.3, 0.4) is 0 Å². The maximum Gasteiger partial charge on any atom is 0.337 e. The van der Waals surface area contributed by atoms with E-state index in [-0.39, 0.29) is 11.3 Å². The molecule has 4 heteroatoms. The highest BCUT2D eigenvalue weighted by Gasteiger charge is 2.17. The molecule has 0 heterocycles. The molecule has 1 rings (SSSR count). The predicted octanol–water partition coefficient (Wildman–Crippen LogP) is 2.54. The standard InChI is InChI=1S/C12H14FNO2/c1-8(2)7-14(3)11-9(12(15)16)5-4-6-10(11)13/h4-6H,1,7H2,2-3H3,(H,15,16). The normalized spacial score (nSPS) is 9.94. The number of anilines is 1. The maximum absolute atomic E-state index is 13.6. The first-order valence-electron chi connectivity index (χ1n) is 4.80. The summed E-state index contributed by atoms with van der Waals surface area (Å²) in [4.78, 5) is 12.5. The van der Waals surface area contributed by atoms with Gasteiger partial charge < -0.3 is 10.0 Å². The molecule has 1 N–H and O–H groups in total. The molecule has 0 unspecified atom stereocenters. The van der Waals surface area contributed by atoms with Crippen molar-refractivity contribution in [2.75, 3.05) is 18.5 Å². The van der Waals surface area contributed by atoms with Crippen molar-refractivity contribution in [1.82, 2.24) is 0 Å². The van der Waals surface area contributed by atoms with Gasteiger partial charge in [-0.3, -0.25) is 0 Å². The third-order valence-corrected chi connectivity index (χ3v) is 2.11. The van der Waals surface area contributed by atoms with Gasteiger partial charge in [0, 0.05) is 13.6 Å². The third kappa shape index (κ3) is 2.59. The van der Waals surface area contributed by atoms with Crippen LogP contribution in [0, 0.1) is 5.82 Å². The molecule has 0 aliphatic rings. The summed E-state index contributed by atoms with van der Waals surface area (Å²) in [6.45, 7) is 5.93. The van der Waals surface area contributed by atoms with Gasteiger partial charge >= 0.3 is 5.97 Å². The maximum atomic E-state index is 13.6. The minimum atomic E-state index is -1.14. The average molecular weight is 223 g/mol. The van der Waals surface area contributed by atoms with Crippen LogP contribution in [0.4, 0.5) is 10.1 Å². The Morgan fingerprint density at radius 2 is 2.19 bits per heavy atom. The van der Waals surface area contributed by atoms with E-state index in [2.05, 4.69) is 6.58 Å². The number of carbonyl (C=O) groups is 1. The summed E-state index contributed by atoms with van der Waals surface area (Å²) < 4.78 is 13.6. The van der Waals surface area contributed by atoms with Crippen LogP contribution in [0.15, 0.2) is 30.4 Å². The molecule has 0 radical (unpaired) electrons. The van der Waals surface area contributed by atoms with Crippen LogP contribution < -0.4 is 4.90 Å². The molecule has 0 saturated heterocycles. The van der Waals surface area contributed by atoms with E-state index in [1.54, 1.807) is 18.9 Å². The lowest BCUT2D eigenvalue weighted by atomic mass is 10.1. The summed E-state index contributed by atoms with van der Waals surface area (Å²) in [7, 11) is 1.64. The molecule has 0 saturated carbocycles. The lowest BCUT2D eigenvalue weighted by Gasteiger charge is -2.21. The number of rotatable bonds is 4.